The molecule has 2 aromatic heterocycles. The topological polar surface area (TPSA) is 68.3 Å². The van der Waals surface area contributed by atoms with Crippen molar-refractivity contribution >= 4 is 55.0 Å². The van der Waals surface area contributed by atoms with Crippen LogP contribution in [0.15, 0.2) is 59.1 Å². The molecule has 0 spiro atoms. The van der Waals surface area contributed by atoms with Crippen molar-refractivity contribution in [1.82, 2.24) is 4.98 Å². The summed E-state index contributed by atoms with van der Waals surface area (Å²) in [6, 6.07) is 17.1. The van der Waals surface area contributed by atoms with Crippen LogP contribution < -0.4 is 5.32 Å². The molecule has 32 heavy (non-hydrogen) atoms. The van der Waals surface area contributed by atoms with E-state index in [1.54, 1.807) is 6.07 Å². The zero-order valence-electron chi connectivity index (χ0n) is 17.9. The van der Waals surface area contributed by atoms with Crippen molar-refractivity contribution in [2.45, 2.75) is 20.3 Å². The van der Waals surface area contributed by atoms with Gasteiger partial charge < -0.3 is 10.1 Å². The lowest BCUT2D eigenvalue weighted by Crippen LogP contribution is -2.15. The molecule has 162 valence electrons. The quantitative estimate of drug-likeness (QED) is 0.307. The number of rotatable bonds is 5. The Kier molecular flexibility index (Phi) is 6.39. The summed E-state index contributed by atoms with van der Waals surface area (Å²) in [5.74, 6) is -0.743. The number of fused-ring (bicyclic) bond motifs is 1. The number of nitrogens with zero attached hydrogens (tertiary/aromatic N) is 1. The molecule has 4 rings (SSSR count). The summed E-state index contributed by atoms with van der Waals surface area (Å²) in [6.07, 6.45) is 0.675. The zero-order valence-corrected chi connectivity index (χ0v) is 20.3. The number of ether oxygens (including phenoxy) is 1. The van der Waals surface area contributed by atoms with Crippen LogP contribution in [-0.2, 0) is 11.2 Å². The Morgan fingerprint density at radius 1 is 1.12 bits per heavy atom. The smallest absolute Gasteiger partial charge is 0.341 e. The number of halogens is 1. The molecule has 0 bridgehead atoms. The number of hydrogen-bond donors (Lipinski definition) is 1. The highest BCUT2D eigenvalue weighted by Gasteiger charge is 2.24. The first-order valence-electron chi connectivity index (χ1n) is 10.1. The molecule has 0 atom stereocenters. The first-order chi connectivity index (χ1) is 15.4. The van der Waals surface area contributed by atoms with E-state index >= 15 is 0 Å². The summed E-state index contributed by atoms with van der Waals surface area (Å²) in [7, 11) is 1.35. The van der Waals surface area contributed by atoms with Crippen LogP contribution in [-0.4, -0.2) is 24.0 Å². The van der Waals surface area contributed by atoms with E-state index in [0.717, 1.165) is 31.4 Å². The number of anilines is 1. The molecule has 1 amide bonds. The van der Waals surface area contributed by atoms with Crippen molar-refractivity contribution in [3.8, 4) is 11.3 Å². The molecule has 7 heteroatoms. The number of aryl methyl sites for hydroxylation is 1. The third-order valence-electron chi connectivity index (χ3n) is 5.28. The molecule has 2 aromatic carbocycles. The minimum absolute atomic E-state index is 0.295. The zero-order chi connectivity index (χ0) is 22.8. The predicted molar refractivity (Wildman–Crippen MR) is 133 cm³/mol. The molecule has 0 radical (unpaired) electrons. The minimum Gasteiger partial charge on any atom is -0.465 e. The number of hydrogen-bond acceptors (Lipinski definition) is 5. The Balaban J connectivity index is 1.81. The summed E-state index contributed by atoms with van der Waals surface area (Å²) in [6.45, 7) is 3.92. The lowest BCUT2D eigenvalue weighted by Gasteiger charge is -2.11. The van der Waals surface area contributed by atoms with Gasteiger partial charge in [-0.05, 0) is 43.2 Å². The Hall–Kier alpha value is -3.03. The van der Waals surface area contributed by atoms with Gasteiger partial charge in [0.05, 0.1) is 29.4 Å². The second-order valence-electron chi connectivity index (χ2n) is 7.22. The highest BCUT2D eigenvalue weighted by molar-refractivity contribution is 9.10. The predicted octanol–water partition coefficient (Wildman–Crippen LogP) is 6.64. The van der Waals surface area contributed by atoms with E-state index in [9.17, 15) is 9.59 Å². The molecule has 5 nitrogen and oxygen atoms in total. The van der Waals surface area contributed by atoms with E-state index in [2.05, 4.69) is 21.2 Å². The molecule has 0 aliphatic carbocycles. The van der Waals surface area contributed by atoms with Crippen LogP contribution in [0.3, 0.4) is 0 Å². The van der Waals surface area contributed by atoms with Gasteiger partial charge in [-0.3, -0.25) is 4.79 Å². The fourth-order valence-corrected chi connectivity index (χ4v) is 5.11. The second-order valence-corrected chi connectivity index (χ2v) is 9.36. The number of pyridine rings is 1. The van der Waals surface area contributed by atoms with E-state index in [0.29, 0.717) is 28.2 Å². The molecule has 2 heterocycles. The molecule has 0 saturated carbocycles. The normalized spacial score (nSPS) is 10.9. The van der Waals surface area contributed by atoms with Crippen molar-refractivity contribution in [1.29, 1.82) is 0 Å². The van der Waals surface area contributed by atoms with E-state index in [1.165, 1.54) is 18.4 Å². The number of nitrogens with one attached hydrogen (secondary N) is 1. The van der Waals surface area contributed by atoms with Crippen molar-refractivity contribution in [3.05, 3.63) is 80.6 Å². The number of thiophene rings is 1. The summed E-state index contributed by atoms with van der Waals surface area (Å²) in [5.41, 5.74) is 4.15. The SMILES string of the molecule is CCc1c(C)sc(NC(=O)c2cc(-c3ccc(Br)cc3)nc3ccccc23)c1C(=O)OC. The Bertz CT molecular complexity index is 1330. The van der Waals surface area contributed by atoms with Gasteiger partial charge in [-0.2, -0.15) is 0 Å². The second kappa shape index (κ2) is 9.22. The number of carbonyl (C=O) groups excluding carboxylic acids is 2. The minimum atomic E-state index is -0.448. The van der Waals surface area contributed by atoms with Gasteiger partial charge in [0.2, 0.25) is 0 Å². The molecular formula is C25H21BrN2O3S. The van der Waals surface area contributed by atoms with Gasteiger partial charge >= 0.3 is 5.97 Å². The third kappa shape index (κ3) is 4.18. The van der Waals surface area contributed by atoms with Crippen molar-refractivity contribution in [3.63, 3.8) is 0 Å². The van der Waals surface area contributed by atoms with Crippen LogP contribution in [0.1, 0.15) is 38.1 Å². The molecule has 0 saturated heterocycles. The Labute approximate surface area is 198 Å². The van der Waals surface area contributed by atoms with Crippen LogP contribution in [0.25, 0.3) is 22.2 Å². The fraction of sp³-hybridized carbons (Fsp3) is 0.160. The van der Waals surface area contributed by atoms with Gasteiger partial charge in [-0.15, -0.1) is 11.3 Å². The first-order valence-corrected chi connectivity index (χ1v) is 11.7. The maximum absolute atomic E-state index is 13.4. The largest absolute Gasteiger partial charge is 0.465 e. The van der Waals surface area contributed by atoms with Crippen LogP contribution in [0, 0.1) is 6.92 Å². The summed E-state index contributed by atoms with van der Waals surface area (Å²) in [4.78, 5) is 31.6. The third-order valence-corrected chi connectivity index (χ3v) is 6.87. The number of carbonyl (C=O) groups is 2. The van der Waals surface area contributed by atoms with Crippen molar-refractivity contribution in [2.24, 2.45) is 0 Å². The Morgan fingerprint density at radius 3 is 2.53 bits per heavy atom. The van der Waals surface area contributed by atoms with Crippen molar-refractivity contribution in [2.75, 3.05) is 12.4 Å². The maximum atomic E-state index is 13.4. The summed E-state index contributed by atoms with van der Waals surface area (Å²) < 4.78 is 5.95. The lowest BCUT2D eigenvalue weighted by molar-refractivity contribution is 0.0601. The molecule has 0 unspecified atom stereocenters. The molecule has 1 N–H and O–H groups in total. The number of esters is 1. The van der Waals surface area contributed by atoms with Gasteiger partial charge in [-0.1, -0.05) is 53.2 Å². The number of aromatic nitrogens is 1. The monoisotopic (exact) mass is 508 g/mol. The lowest BCUT2D eigenvalue weighted by atomic mass is 10.0. The average molecular weight is 509 g/mol. The standard InChI is InChI=1S/C25H21BrN2O3S/c1-4-17-14(2)32-24(22(17)25(30)31-3)28-23(29)19-13-21(15-9-11-16(26)12-10-15)27-20-8-6-5-7-18(19)20/h5-13H,4H2,1-3H3,(H,28,29). The summed E-state index contributed by atoms with van der Waals surface area (Å²) >= 11 is 4.84. The average Bonchev–Trinajstić information content (AvgIpc) is 3.12. The fourth-order valence-electron chi connectivity index (χ4n) is 3.71. The molecule has 4 aromatic rings. The number of benzene rings is 2. The first kappa shape index (κ1) is 22.2. The highest BCUT2D eigenvalue weighted by Crippen LogP contribution is 2.35. The van der Waals surface area contributed by atoms with Crippen LogP contribution in [0.2, 0.25) is 0 Å². The van der Waals surface area contributed by atoms with E-state index in [-0.39, 0.29) is 5.91 Å². The van der Waals surface area contributed by atoms with Gasteiger partial charge in [-0.25, -0.2) is 9.78 Å². The van der Waals surface area contributed by atoms with Crippen LogP contribution >= 0.6 is 27.3 Å². The van der Waals surface area contributed by atoms with Gasteiger partial charge in [0, 0.05) is 20.3 Å². The van der Waals surface area contributed by atoms with Gasteiger partial charge in [0.1, 0.15) is 5.00 Å². The highest BCUT2D eigenvalue weighted by atomic mass is 79.9. The number of methoxy groups -OCH3 is 1. The summed E-state index contributed by atoms with van der Waals surface area (Å²) in [5, 5.41) is 4.21. The Morgan fingerprint density at radius 2 is 1.84 bits per heavy atom. The maximum Gasteiger partial charge on any atom is 0.341 e. The van der Waals surface area contributed by atoms with E-state index in [4.69, 9.17) is 9.72 Å². The number of para-hydroxylation sites is 1. The van der Waals surface area contributed by atoms with Gasteiger partial charge in [0.25, 0.3) is 5.91 Å². The van der Waals surface area contributed by atoms with Crippen LogP contribution in [0.4, 0.5) is 5.00 Å². The van der Waals surface area contributed by atoms with E-state index < -0.39 is 5.97 Å². The molecule has 0 aliphatic rings. The molecule has 0 fully saturated rings. The van der Waals surface area contributed by atoms with Crippen LogP contribution in [0.5, 0.6) is 0 Å². The molecule has 0 aliphatic heterocycles. The number of amides is 1. The van der Waals surface area contributed by atoms with Crippen molar-refractivity contribution < 1.29 is 14.3 Å². The van der Waals surface area contributed by atoms with Gasteiger partial charge in [0.15, 0.2) is 0 Å². The van der Waals surface area contributed by atoms with E-state index in [1.807, 2.05) is 62.4 Å². The molecular weight excluding hydrogens is 488 g/mol.